The summed E-state index contributed by atoms with van der Waals surface area (Å²) in [6, 6.07) is 9.89. The third kappa shape index (κ3) is 3.15. The van der Waals surface area contributed by atoms with Gasteiger partial charge in [-0.05, 0) is 49.1 Å². The number of carbonyl (C=O) groups is 1. The summed E-state index contributed by atoms with van der Waals surface area (Å²) in [5.41, 5.74) is 1.18. The van der Waals surface area contributed by atoms with Gasteiger partial charge in [-0.15, -0.1) is 0 Å². The number of amides is 1. The standard InChI is InChI=1S/C18H21FN2O2/c1-21-12-2-3-15(21)16(22)8-11-20-17(23)18(9-10-18)13-4-6-14(19)7-5-13/h2-7,12,16,22H,8-11H2,1H3,(H,20,23). The van der Waals surface area contributed by atoms with Gasteiger partial charge in [-0.1, -0.05) is 12.1 Å². The molecule has 1 unspecified atom stereocenters. The molecule has 3 rings (SSSR count). The van der Waals surface area contributed by atoms with Crippen LogP contribution in [0.15, 0.2) is 42.6 Å². The van der Waals surface area contributed by atoms with Gasteiger partial charge >= 0.3 is 0 Å². The van der Waals surface area contributed by atoms with Crippen LogP contribution in [0.3, 0.4) is 0 Å². The van der Waals surface area contributed by atoms with E-state index in [1.165, 1.54) is 12.1 Å². The predicted molar refractivity (Wildman–Crippen MR) is 85.3 cm³/mol. The fourth-order valence-electron chi connectivity index (χ4n) is 3.00. The Morgan fingerprint density at radius 3 is 2.61 bits per heavy atom. The summed E-state index contributed by atoms with van der Waals surface area (Å²) in [6.07, 6.45) is 3.31. The molecule has 2 aromatic rings. The number of aliphatic hydroxyl groups excluding tert-OH is 1. The first-order valence-electron chi connectivity index (χ1n) is 7.86. The van der Waals surface area contributed by atoms with Crippen molar-refractivity contribution in [3.8, 4) is 0 Å². The van der Waals surface area contributed by atoms with Gasteiger partial charge in [0.1, 0.15) is 5.82 Å². The summed E-state index contributed by atoms with van der Waals surface area (Å²) in [5.74, 6) is -0.334. The number of benzene rings is 1. The molecule has 122 valence electrons. The van der Waals surface area contributed by atoms with Gasteiger partial charge in [0.2, 0.25) is 5.91 Å². The van der Waals surface area contributed by atoms with Crippen LogP contribution in [0.4, 0.5) is 4.39 Å². The van der Waals surface area contributed by atoms with Crippen LogP contribution in [0.25, 0.3) is 0 Å². The second-order valence-corrected chi connectivity index (χ2v) is 6.19. The van der Waals surface area contributed by atoms with Crippen LogP contribution < -0.4 is 5.32 Å². The average Bonchev–Trinajstić information content (AvgIpc) is 3.23. The molecule has 1 saturated carbocycles. The smallest absolute Gasteiger partial charge is 0.230 e. The largest absolute Gasteiger partial charge is 0.387 e. The minimum absolute atomic E-state index is 0.0387. The molecule has 23 heavy (non-hydrogen) atoms. The van der Waals surface area contributed by atoms with E-state index in [2.05, 4.69) is 5.32 Å². The van der Waals surface area contributed by atoms with Crippen LogP contribution in [0.2, 0.25) is 0 Å². The zero-order chi connectivity index (χ0) is 16.4. The lowest BCUT2D eigenvalue weighted by atomic mass is 9.95. The molecule has 1 aromatic heterocycles. The molecule has 0 spiro atoms. The second-order valence-electron chi connectivity index (χ2n) is 6.19. The molecule has 1 fully saturated rings. The zero-order valence-corrected chi connectivity index (χ0v) is 13.1. The summed E-state index contributed by atoms with van der Waals surface area (Å²) in [6.45, 7) is 0.411. The fraction of sp³-hybridized carbons (Fsp3) is 0.389. The van der Waals surface area contributed by atoms with Gasteiger partial charge in [-0.2, -0.15) is 0 Å². The number of hydrogen-bond acceptors (Lipinski definition) is 2. The van der Waals surface area contributed by atoms with Crippen molar-refractivity contribution in [1.82, 2.24) is 9.88 Å². The first-order valence-corrected chi connectivity index (χ1v) is 7.86. The number of nitrogens with one attached hydrogen (secondary N) is 1. The molecule has 2 N–H and O–H groups in total. The Bertz CT molecular complexity index is 689. The number of aryl methyl sites for hydroxylation is 1. The number of halogens is 1. The van der Waals surface area contributed by atoms with Gasteiger partial charge in [-0.25, -0.2) is 4.39 Å². The Hall–Kier alpha value is -2.14. The highest BCUT2D eigenvalue weighted by atomic mass is 19.1. The molecule has 1 amide bonds. The van der Waals surface area contributed by atoms with E-state index in [1.54, 1.807) is 12.1 Å². The van der Waals surface area contributed by atoms with Crippen molar-refractivity contribution < 1.29 is 14.3 Å². The van der Waals surface area contributed by atoms with Crippen LogP contribution in [-0.2, 0) is 17.3 Å². The van der Waals surface area contributed by atoms with Crippen molar-refractivity contribution in [3.63, 3.8) is 0 Å². The lowest BCUT2D eigenvalue weighted by Gasteiger charge is -2.17. The van der Waals surface area contributed by atoms with Gasteiger partial charge in [-0.3, -0.25) is 4.79 Å². The summed E-state index contributed by atoms with van der Waals surface area (Å²) in [5, 5.41) is 13.1. The summed E-state index contributed by atoms with van der Waals surface area (Å²) in [4.78, 5) is 12.5. The van der Waals surface area contributed by atoms with Crippen LogP contribution in [0.1, 0.15) is 36.6 Å². The van der Waals surface area contributed by atoms with Gasteiger partial charge < -0.3 is 15.0 Å². The highest BCUT2D eigenvalue weighted by Crippen LogP contribution is 2.48. The molecule has 0 saturated heterocycles. The van der Waals surface area contributed by atoms with E-state index in [1.807, 2.05) is 29.9 Å². The summed E-state index contributed by atoms with van der Waals surface area (Å²) < 4.78 is 14.9. The second kappa shape index (κ2) is 6.16. The van der Waals surface area contributed by atoms with Crippen LogP contribution in [-0.4, -0.2) is 22.1 Å². The molecule has 1 atom stereocenters. The van der Waals surface area contributed by atoms with E-state index >= 15 is 0 Å². The molecule has 4 nitrogen and oxygen atoms in total. The van der Waals surface area contributed by atoms with Crippen LogP contribution in [0, 0.1) is 5.82 Å². The monoisotopic (exact) mass is 316 g/mol. The van der Waals surface area contributed by atoms with E-state index in [0.717, 1.165) is 24.1 Å². The molecule has 5 heteroatoms. The first kappa shape index (κ1) is 15.7. The van der Waals surface area contributed by atoms with E-state index in [9.17, 15) is 14.3 Å². The summed E-state index contributed by atoms with van der Waals surface area (Å²) >= 11 is 0. The van der Waals surface area contributed by atoms with Gasteiger partial charge in [0.25, 0.3) is 0 Å². The molecule has 1 aliphatic rings. The third-order valence-corrected chi connectivity index (χ3v) is 4.61. The first-order chi connectivity index (χ1) is 11.0. The minimum atomic E-state index is -0.601. The Balaban J connectivity index is 1.55. The van der Waals surface area contributed by atoms with Crippen molar-refractivity contribution in [2.24, 2.45) is 7.05 Å². The summed E-state index contributed by atoms with van der Waals surface area (Å²) in [7, 11) is 1.88. The number of aromatic nitrogens is 1. The number of nitrogens with zero attached hydrogens (tertiary/aromatic N) is 1. The molecule has 1 aromatic carbocycles. The lowest BCUT2D eigenvalue weighted by molar-refractivity contribution is -0.123. The molecule has 0 bridgehead atoms. The van der Waals surface area contributed by atoms with E-state index in [4.69, 9.17) is 0 Å². The van der Waals surface area contributed by atoms with Crippen LogP contribution >= 0.6 is 0 Å². The minimum Gasteiger partial charge on any atom is -0.387 e. The molecule has 0 radical (unpaired) electrons. The maximum atomic E-state index is 13.0. The number of carbonyl (C=O) groups excluding carboxylic acids is 1. The quantitative estimate of drug-likeness (QED) is 0.860. The van der Waals surface area contributed by atoms with Gasteiger partial charge in [0.05, 0.1) is 11.5 Å². The van der Waals surface area contributed by atoms with Crippen molar-refractivity contribution in [2.75, 3.05) is 6.54 Å². The Morgan fingerprint density at radius 1 is 1.35 bits per heavy atom. The maximum Gasteiger partial charge on any atom is 0.230 e. The normalized spacial score (nSPS) is 16.8. The third-order valence-electron chi connectivity index (χ3n) is 4.61. The molecular formula is C18H21FN2O2. The topological polar surface area (TPSA) is 54.3 Å². The highest BCUT2D eigenvalue weighted by molar-refractivity contribution is 5.91. The van der Waals surface area contributed by atoms with E-state index < -0.39 is 11.5 Å². The number of hydrogen-bond donors (Lipinski definition) is 2. The van der Waals surface area contributed by atoms with Crippen LogP contribution in [0.5, 0.6) is 0 Å². The SMILES string of the molecule is Cn1cccc1C(O)CCNC(=O)C1(c2ccc(F)cc2)CC1. The van der Waals surface area contributed by atoms with E-state index in [-0.39, 0.29) is 11.7 Å². The highest BCUT2D eigenvalue weighted by Gasteiger charge is 2.51. The lowest BCUT2D eigenvalue weighted by Crippen LogP contribution is -2.35. The predicted octanol–water partition coefficient (Wildman–Crippen LogP) is 2.44. The van der Waals surface area contributed by atoms with Gasteiger partial charge in [0, 0.05) is 25.5 Å². The molecule has 1 heterocycles. The molecular weight excluding hydrogens is 295 g/mol. The van der Waals surface area contributed by atoms with Crippen molar-refractivity contribution in [1.29, 1.82) is 0 Å². The number of aliphatic hydroxyl groups is 1. The average molecular weight is 316 g/mol. The Kier molecular flexibility index (Phi) is 4.22. The Morgan fingerprint density at radius 2 is 2.04 bits per heavy atom. The molecule has 0 aliphatic heterocycles. The van der Waals surface area contributed by atoms with E-state index in [0.29, 0.717) is 13.0 Å². The Labute approximate surface area is 134 Å². The van der Waals surface area contributed by atoms with Crippen molar-refractivity contribution in [3.05, 3.63) is 59.7 Å². The maximum absolute atomic E-state index is 13.0. The zero-order valence-electron chi connectivity index (χ0n) is 13.1. The van der Waals surface area contributed by atoms with Gasteiger partial charge in [0.15, 0.2) is 0 Å². The fourth-order valence-corrected chi connectivity index (χ4v) is 3.00. The van der Waals surface area contributed by atoms with Crippen molar-refractivity contribution >= 4 is 5.91 Å². The van der Waals surface area contributed by atoms with Crippen molar-refractivity contribution in [2.45, 2.75) is 30.8 Å². The number of rotatable bonds is 6. The molecule has 1 aliphatic carbocycles.